The summed E-state index contributed by atoms with van der Waals surface area (Å²) in [5.74, 6) is 2.18. The molecule has 0 fully saturated rings. The van der Waals surface area contributed by atoms with E-state index in [1.54, 1.807) is 16.7 Å². The van der Waals surface area contributed by atoms with E-state index >= 15 is 0 Å². The normalized spacial score (nSPS) is 12.6. The molecule has 2 atom stereocenters. The highest BCUT2D eigenvalue weighted by molar-refractivity contribution is 7.17. The molecule has 4 rings (SSSR count). The number of amides is 2. The Labute approximate surface area is 216 Å². The van der Waals surface area contributed by atoms with Crippen LogP contribution in [0.2, 0.25) is 0 Å². The van der Waals surface area contributed by atoms with Crippen LogP contribution >= 0.6 is 22.7 Å². The summed E-state index contributed by atoms with van der Waals surface area (Å²) in [6.07, 6.45) is 5.35. The van der Waals surface area contributed by atoms with Crippen molar-refractivity contribution in [3.05, 3.63) is 63.9 Å². The number of terminal acetylenes is 1. The van der Waals surface area contributed by atoms with Gasteiger partial charge in [-0.1, -0.05) is 50.2 Å². The van der Waals surface area contributed by atoms with Crippen LogP contribution in [0.25, 0.3) is 21.3 Å². The number of benzene rings is 2. The van der Waals surface area contributed by atoms with Gasteiger partial charge in [0.1, 0.15) is 18.5 Å². The second kappa shape index (κ2) is 11.3. The number of nitrogens with two attached hydrogens (primary N) is 1. The van der Waals surface area contributed by atoms with Crippen molar-refractivity contribution in [2.75, 3.05) is 11.9 Å². The molecule has 0 radical (unpaired) electrons. The van der Waals surface area contributed by atoms with Gasteiger partial charge in [0, 0.05) is 10.9 Å². The number of nitrogens with one attached hydrogen (secondary N) is 2. The van der Waals surface area contributed by atoms with Crippen molar-refractivity contribution in [2.24, 2.45) is 11.7 Å². The van der Waals surface area contributed by atoms with Crippen LogP contribution in [0.5, 0.6) is 0 Å². The minimum Gasteiger partial charge on any atom is -0.462 e. The molecule has 0 saturated carbocycles. The van der Waals surface area contributed by atoms with Crippen molar-refractivity contribution in [1.29, 1.82) is 0 Å². The molecule has 0 aliphatic heterocycles. The van der Waals surface area contributed by atoms with Crippen LogP contribution in [0, 0.1) is 18.3 Å². The van der Waals surface area contributed by atoms with Crippen molar-refractivity contribution < 1.29 is 14.3 Å². The maximum absolute atomic E-state index is 12.7. The number of esters is 1. The number of fused-ring (bicyclic) bond motifs is 1. The first kappa shape index (κ1) is 25.3. The van der Waals surface area contributed by atoms with Crippen LogP contribution in [-0.4, -0.2) is 34.6 Å². The van der Waals surface area contributed by atoms with Gasteiger partial charge in [0.05, 0.1) is 21.8 Å². The number of thiazole rings is 2. The number of carbonyl (C=O) groups is 2. The molecule has 8 nitrogen and oxygen atoms in total. The fourth-order valence-electron chi connectivity index (χ4n) is 3.47. The quantitative estimate of drug-likeness (QED) is 0.227. The predicted octanol–water partition coefficient (Wildman–Crippen LogP) is 4.79. The van der Waals surface area contributed by atoms with E-state index in [1.165, 1.54) is 11.3 Å². The smallest absolute Gasteiger partial charge is 0.323 e. The number of urea groups is 1. The fraction of sp³-hybridized carbons (Fsp3) is 0.231. The van der Waals surface area contributed by atoms with Crippen LogP contribution in [0.3, 0.4) is 0 Å². The van der Waals surface area contributed by atoms with Crippen molar-refractivity contribution in [1.82, 2.24) is 15.3 Å². The van der Waals surface area contributed by atoms with E-state index in [1.807, 2.05) is 61.8 Å². The number of hydrogen-bond donors (Lipinski definition) is 3. The van der Waals surface area contributed by atoms with Gasteiger partial charge in [-0.2, -0.15) is 0 Å². The second-order valence-electron chi connectivity index (χ2n) is 8.36. The van der Waals surface area contributed by atoms with Crippen LogP contribution in [0.15, 0.2) is 53.4 Å². The molecule has 2 heterocycles. The van der Waals surface area contributed by atoms with E-state index in [0.717, 1.165) is 26.9 Å². The number of rotatable bonds is 8. The van der Waals surface area contributed by atoms with E-state index < -0.39 is 24.1 Å². The SMILES string of the molecule is C#Cc1nc(NC(=O)N[C@@H](COC(=O)[C@@H](N)C(C)C)c2ccc(-c3cccc4ncsc34)cc2)cs1. The van der Waals surface area contributed by atoms with Gasteiger partial charge in [0.2, 0.25) is 0 Å². The van der Waals surface area contributed by atoms with E-state index in [4.69, 9.17) is 16.9 Å². The lowest BCUT2D eigenvalue weighted by Crippen LogP contribution is -2.40. The Morgan fingerprint density at radius 1 is 1.17 bits per heavy atom. The first-order chi connectivity index (χ1) is 17.4. The topological polar surface area (TPSA) is 119 Å². The Bertz CT molecular complexity index is 1400. The molecule has 0 spiro atoms. The van der Waals surface area contributed by atoms with Gasteiger partial charge in [0.15, 0.2) is 5.01 Å². The molecule has 10 heteroatoms. The number of hydrogen-bond acceptors (Lipinski definition) is 8. The third-order valence-electron chi connectivity index (χ3n) is 5.54. The zero-order valence-corrected chi connectivity index (χ0v) is 21.4. The van der Waals surface area contributed by atoms with Gasteiger partial charge in [-0.15, -0.1) is 29.1 Å². The highest BCUT2D eigenvalue weighted by Gasteiger charge is 2.23. The average Bonchev–Trinajstić information content (AvgIpc) is 3.55. The summed E-state index contributed by atoms with van der Waals surface area (Å²) in [6, 6.07) is 11.9. The second-order valence-corrected chi connectivity index (χ2v) is 10.1. The summed E-state index contributed by atoms with van der Waals surface area (Å²) < 4.78 is 6.57. The monoisotopic (exact) mass is 519 g/mol. The van der Waals surface area contributed by atoms with E-state index in [0.29, 0.717) is 10.8 Å². The lowest BCUT2D eigenvalue weighted by atomic mass is 10.0. The summed E-state index contributed by atoms with van der Waals surface area (Å²) >= 11 is 2.84. The van der Waals surface area contributed by atoms with Crippen molar-refractivity contribution in [3.63, 3.8) is 0 Å². The van der Waals surface area contributed by atoms with E-state index in [-0.39, 0.29) is 12.5 Å². The highest BCUT2D eigenvalue weighted by atomic mass is 32.1. The lowest BCUT2D eigenvalue weighted by Gasteiger charge is -2.21. The Morgan fingerprint density at radius 3 is 2.64 bits per heavy atom. The van der Waals surface area contributed by atoms with Gasteiger partial charge in [-0.05, 0) is 29.0 Å². The molecule has 0 saturated heterocycles. The molecule has 2 amide bonds. The summed E-state index contributed by atoms with van der Waals surface area (Å²) in [4.78, 5) is 33.6. The third-order valence-corrected chi connectivity index (χ3v) is 7.19. The molecule has 0 aliphatic carbocycles. The highest BCUT2D eigenvalue weighted by Crippen LogP contribution is 2.31. The molecular formula is C26H25N5O3S2. The van der Waals surface area contributed by atoms with E-state index in [2.05, 4.69) is 26.5 Å². The molecule has 2 aromatic heterocycles. The molecule has 0 bridgehead atoms. The molecule has 36 heavy (non-hydrogen) atoms. The average molecular weight is 520 g/mol. The number of aromatic nitrogens is 2. The maximum atomic E-state index is 12.7. The summed E-state index contributed by atoms with van der Waals surface area (Å²) in [5, 5.41) is 7.63. The van der Waals surface area contributed by atoms with Gasteiger partial charge >= 0.3 is 12.0 Å². The maximum Gasteiger partial charge on any atom is 0.323 e. The predicted molar refractivity (Wildman–Crippen MR) is 144 cm³/mol. The largest absolute Gasteiger partial charge is 0.462 e. The molecule has 0 aliphatic rings. The van der Waals surface area contributed by atoms with Crippen LogP contribution < -0.4 is 16.4 Å². The minimum atomic E-state index is -0.751. The summed E-state index contributed by atoms with van der Waals surface area (Å²) in [6.45, 7) is 3.61. The Hall–Kier alpha value is -3.78. The van der Waals surface area contributed by atoms with Crippen molar-refractivity contribution in [2.45, 2.75) is 25.9 Å². The molecule has 4 N–H and O–H groups in total. The van der Waals surface area contributed by atoms with Gasteiger partial charge in [-0.3, -0.25) is 10.1 Å². The Kier molecular flexibility index (Phi) is 7.95. The molecule has 184 valence electrons. The number of ether oxygens (including phenoxy) is 1. The number of carbonyl (C=O) groups excluding carboxylic acids is 2. The number of nitrogens with zero attached hydrogens (tertiary/aromatic N) is 2. The molecule has 0 unspecified atom stereocenters. The lowest BCUT2D eigenvalue weighted by molar-refractivity contribution is -0.147. The third kappa shape index (κ3) is 5.88. The molecule has 2 aromatic carbocycles. The van der Waals surface area contributed by atoms with Crippen LogP contribution in [0.1, 0.15) is 30.5 Å². The minimum absolute atomic E-state index is 0.0732. The van der Waals surface area contributed by atoms with Crippen molar-refractivity contribution >= 4 is 50.7 Å². The van der Waals surface area contributed by atoms with Crippen molar-refractivity contribution in [3.8, 4) is 23.5 Å². The van der Waals surface area contributed by atoms with Crippen LogP contribution in [0.4, 0.5) is 10.6 Å². The Morgan fingerprint density at radius 2 is 1.94 bits per heavy atom. The van der Waals surface area contributed by atoms with Gasteiger partial charge in [-0.25, -0.2) is 14.8 Å². The van der Waals surface area contributed by atoms with Gasteiger partial charge < -0.3 is 15.8 Å². The van der Waals surface area contributed by atoms with Gasteiger partial charge in [0.25, 0.3) is 0 Å². The first-order valence-corrected chi connectivity index (χ1v) is 13.0. The summed E-state index contributed by atoms with van der Waals surface area (Å²) in [5.41, 5.74) is 11.5. The molecular weight excluding hydrogens is 494 g/mol. The Balaban J connectivity index is 1.53. The summed E-state index contributed by atoms with van der Waals surface area (Å²) in [7, 11) is 0. The number of anilines is 1. The zero-order chi connectivity index (χ0) is 25.7. The van der Waals surface area contributed by atoms with E-state index in [9.17, 15) is 9.59 Å². The van der Waals surface area contributed by atoms with Crippen LogP contribution in [-0.2, 0) is 9.53 Å². The molecule has 4 aromatic rings. The zero-order valence-electron chi connectivity index (χ0n) is 19.7. The fourth-order valence-corrected chi connectivity index (χ4v) is 4.85. The standard InChI is InChI=1S/C26H25N5O3S2/c1-4-22-30-21(13-35-22)31-26(33)29-20(12-34-25(32)23(27)15(2)3)17-10-8-16(9-11-17)18-6-5-7-19-24(18)36-14-28-19/h1,5-11,13-15,20,23H,12,27H2,2-3H3,(H2,29,31,33)/t20-,23-/m0/s1. The first-order valence-electron chi connectivity index (χ1n) is 11.2.